The number of aromatic carboxylic acids is 1. The molecule has 0 aliphatic carbocycles. The maximum atomic E-state index is 12.4. The molecule has 0 bridgehead atoms. The summed E-state index contributed by atoms with van der Waals surface area (Å²) in [6.45, 7) is 0.0385. The molecule has 0 aromatic heterocycles. The Labute approximate surface area is 124 Å². The quantitative estimate of drug-likeness (QED) is 0.566. The van der Waals surface area contributed by atoms with Gasteiger partial charge in [0.15, 0.2) is 0 Å². The standard InChI is InChI=1S/C15H10O7/c16-7-22-13-6-12(18)9(15(20)21)5-10(13)14(19)8-3-1-2-4-11(8)17/h1-7,17-18H,(H,20,21). The summed E-state index contributed by atoms with van der Waals surface area (Å²) in [4.78, 5) is 34.0. The number of aromatic hydroxyl groups is 2. The third kappa shape index (κ3) is 2.73. The molecular formula is C15H10O7. The van der Waals surface area contributed by atoms with Gasteiger partial charge in [-0.05, 0) is 18.2 Å². The topological polar surface area (TPSA) is 121 Å². The van der Waals surface area contributed by atoms with E-state index >= 15 is 0 Å². The van der Waals surface area contributed by atoms with E-state index in [1.54, 1.807) is 0 Å². The molecule has 3 N–H and O–H groups in total. The lowest BCUT2D eigenvalue weighted by atomic mass is 9.99. The molecule has 2 aromatic rings. The van der Waals surface area contributed by atoms with E-state index in [2.05, 4.69) is 4.74 Å². The molecule has 2 aromatic carbocycles. The van der Waals surface area contributed by atoms with Crippen LogP contribution in [0, 0.1) is 0 Å². The van der Waals surface area contributed by atoms with E-state index in [0.29, 0.717) is 0 Å². The second kappa shape index (κ2) is 5.96. The molecule has 0 radical (unpaired) electrons. The van der Waals surface area contributed by atoms with Gasteiger partial charge in [0.2, 0.25) is 5.78 Å². The van der Waals surface area contributed by atoms with Crippen LogP contribution in [0.3, 0.4) is 0 Å². The van der Waals surface area contributed by atoms with Gasteiger partial charge in [0.05, 0.1) is 11.1 Å². The Bertz CT molecular complexity index is 764. The van der Waals surface area contributed by atoms with Gasteiger partial charge in [-0.2, -0.15) is 0 Å². The van der Waals surface area contributed by atoms with Crippen molar-refractivity contribution >= 4 is 18.2 Å². The molecule has 0 spiro atoms. The number of rotatable bonds is 5. The van der Waals surface area contributed by atoms with Crippen LogP contribution in [0.15, 0.2) is 36.4 Å². The first kappa shape index (κ1) is 15.0. The van der Waals surface area contributed by atoms with Gasteiger partial charge < -0.3 is 20.1 Å². The highest BCUT2D eigenvalue weighted by Gasteiger charge is 2.22. The first-order chi connectivity index (χ1) is 10.5. The molecule has 0 atom stereocenters. The summed E-state index contributed by atoms with van der Waals surface area (Å²) in [5, 5.41) is 28.3. The average Bonchev–Trinajstić information content (AvgIpc) is 2.47. The van der Waals surface area contributed by atoms with Crippen molar-refractivity contribution in [3.63, 3.8) is 0 Å². The summed E-state index contributed by atoms with van der Waals surface area (Å²) in [5.41, 5.74) is -0.902. The van der Waals surface area contributed by atoms with Crippen LogP contribution < -0.4 is 4.74 Å². The molecule has 22 heavy (non-hydrogen) atoms. The number of ether oxygens (including phenoxy) is 1. The molecule has 7 nitrogen and oxygen atoms in total. The fourth-order valence-electron chi connectivity index (χ4n) is 1.88. The van der Waals surface area contributed by atoms with Crippen molar-refractivity contribution in [2.75, 3.05) is 0 Å². The summed E-state index contributed by atoms with van der Waals surface area (Å²) in [6, 6.07) is 7.36. The fourth-order valence-corrected chi connectivity index (χ4v) is 1.88. The molecule has 0 aliphatic heterocycles. The normalized spacial score (nSPS) is 10.0. The number of para-hydroxylation sites is 1. The van der Waals surface area contributed by atoms with Gasteiger partial charge in [-0.25, -0.2) is 4.79 Å². The van der Waals surface area contributed by atoms with Crippen LogP contribution in [0.1, 0.15) is 26.3 Å². The Hall–Kier alpha value is -3.35. The van der Waals surface area contributed by atoms with Crippen molar-refractivity contribution in [2.24, 2.45) is 0 Å². The van der Waals surface area contributed by atoms with Gasteiger partial charge in [0.25, 0.3) is 6.47 Å². The van der Waals surface area contributed by atoms with Crippen LogP contribution in [-0.4, -0.2) is 33.5 Å². The molecule has 0 unspecified atom stereocenters. The van der Waals surface area contributed by atoms with Crippen LogP contribution in [-0.2, 0) is 4.79 Å². The highest BCUT2D eigenvalue weighted by atomic mass is 16.5. The van der Waals surface area contributed by atoms with Gasteiger partial charge in [-0.3, -0.25) is 9.59 Å². The minimum absolute atomic E-state index is 0.0385. The van der Waals surface area contributed by atoms with Gasteiger partial charge in [0, 0.05) is 6.07 Å². The maximum absolute atomic E-state index is 12.4. The Balaban J connectivity index is 2.64. The third-order valence-electron chi connectivity index (χ3n) is 2.90. The Morgan fingerprint density at radius 2 is 1.64 bits per heavy atom. The summed E-state index contributed by atoms with van der Waals surface area (Å²) in [5.74, 6) is -3.49. The maximum Gasteiger partial charge on any atom is 0.339 e. The predicted octanol–water partition coefficient (Wildman–Crippen LogP) is 1.56. The van der Waals surface area contributed by atoms with Crippen molar-refractivity contribution in [1.82, 2.24) is 0 Å². The molecule has 0 saturated heterocycles. The van der Waals surface area contributed by atoms with Crippen LogP contribution in [0.5, 0.6) is 17.2 Å². The molecule has 2 rings (SSSR count). The second-order valence-corrected chi connectivity index (χ2v) is 4.23. The highest BCUT2D eigenvalue weighted by molar-refractivity contribution is 6.13. The van der Waals surface area contributed by atoms with E-state index in [0.717, 1.165) is 12.1 Å². The van der Waals surface area contributed by atoms with Gasteiger partial charge in [-0.15, -0.1) is 0 Å². The number of carbonyl (C=O) groups is 3. The van der Waals surface area contributed by atoms with Crippen molar-refractivity contribution in [3.05, 3.63) is 53.1 Å². The number of carboxylic acid groups (broad SMARTS) is 1. The van der Waals surface area contributed by atoms with Crippen molar-refractivity contribution in [1.29, 1.82) is 0 Å². The number of benzene rings is 2. The molecule has 0 heterocycles. The van der Waals surface area contributed by atoms with Crippen molar-refractivity contribution in [3.8, 4) is 17.2 Å². The van der Waals surface area contributed by atoms with E-state index < -0.39 is 23.1 Å². The number of hydrogen-bond donors (Lipinski definition) is 3. The summed E-state index contributed by atoms with van der Waals surface area (Å²) in [6.07, 6.45) is 0. The zero-order valence-corrected chi connectivity index (χ0v) is 11.0. The van der Waals surface area contributed by atoms with Crippen LogP contribution in [0.2, 0.25) is 0 Å². The smallest absolute Gasteiger partial charge is 0.339 e. The number of carbonyl (C=O) groups excluding carboxylic acids is 2. The minimum Gasteiger partial charge on any atom is -0.507 e. The molecule has 7 heteroatoms. The van der Waals surface area contributed by atoms with Crippen molar-refractivity contribution in [2.45, 2.75) is 0 Å². The number of carboxylic acids is 1. The zero-order chi connectivity index (χ0) is 16.3. The van der Waals surface area contributed by atoms with E-state index in [9.17, 15) is 24.6 Å². The first-order valence-corrected chi connectivity index (χ1v) is 5.99. The van der Waals surface area contributed by atoms with Crippen LogP contribution in [0.4, 0.5) is 0 Å². The van der Waals surface area contributed by atoms with E-state index in [4.69, 9.17) is 5.11 Å². The second-order valence-electron chi connectivity index (χ2n) is 4.23. The molecule has 0 amide bonds. The molecule has 112 valence electrons. The number of hydrogen-bond acceptors (Lipinski definition) is 6. The predicted molar refractivity (Wildman–Crippen MR) is 73.3 cm³/mol. The number of phenolic OH excluding ortho intramolecular Hbond substituents is 1. The van der Waals surface area contributed by atoms with Gasteiger partial charge >= 0.3 is 5.97 Å². The number of ketones is 1. The van der Waals surface area contributed by atoms with E-state index in [1.165, 1.54) is 24.3 Å². The third-order valence-corrected chi connectivity index (χ3v) is 2.90. The minimum atomic E-state index is -1.46. The molecular weight excluding hydrogens is 292 g/mol. The SMILES string of the molecule is O=COc1cc(O)c(C(=O)O)cc1C(=O)c1ccccc1O. The molecule has 0 fully saturated rings. The van der Waals surface area contributed by atoms with E-state index in [-0.39, 0.29) is 29.1 Å². The Morgan fingerprint density at radius 3 is 2.23 bits per heavy atom. The van der Waals surface area contributed by atoms with E-state index in [1.807, 2.05) is 0 Å². The lowest BCUT2D eigenvalue weighted by Crippen LogP contribution is -2.08. The Morgan fingerprint density at radius 1 is 0.955 bits per heavy atom. The van der Waals surface area contributed by atoms with Crippen molar-refractivity contribution < 1.29 is 34.4 Å². The number of phenols is 2. The highest BCUT2D eigenvalue weighted by Crippen LogP contribution is 2.31. The molecule has 0 saturated carbocycles. The first-order valence-electron chi connectivity index (χ1n) is 5.99. The summed E-state index contributed by atoms with van der Waals surface area (Å²) >= 11 is 0. The monoisotopic (exact) mass is 302 g/mol. The van der Waals surface area contributed by atoms with Gasteiger partial charge in [-0.1, -0.05) is 12.1 Å². The molecule has 0 aliphatic rings. The Kier molecular flexibility index (Phi) is 4.08. The largest absolute Gasteiger partial charge is 0.507 e. The average molecular weight is 302 g/mol. The van der Waals surface area contributed by atoms with Crippen LogP contribution in [0.25, 0.3) is 0 Å². The van der Waals surface area contributed by atoms with Gasteiger partial charge in [0.1, 0.15) is 22.8 Å². The summed E-state index contributed by atoms with van der Waals surface area (Å²) in [7, 11) is 0. The zero-order valence-electron chi connectivity index (χ0n) is 11.0. The summed E-state index contributed by atoms with van der Waals surface area (Å²) < 4.78 is 4.60. The fraction of sp³-hybridized carbons (Fsp3) is 0. The lowest BCUT2D eigenvalue weighted by molar-refractivity contribution is -0.120. The lowest BCUT2D eigenvalue weighted by Gasteiger charge is -2.10. The van der Waals surface area contributed by atoms with Crippen LogP contribution >= 0.6 is 0 Å².